The predicted octanol–water partition coefficient (Wildman–Crippen LogP) is 3.02. The number of hydrogen-bond acceptors (Lipinski definition) is 2. The summed E-state index contributed by atoms with van der Waals surface area (Å²) in [6, 6.07) is 0.709. The normalized spacial score (nSPS) is 47.5. The average Bonchev–Trinajstić information content (AvgIpc) is 2.38. The number of piperidine rings is 1. The van der Waals surface area contributed by atoms with Crippen molar-refractivity contribution in [3.05, 3.63) is 0 Å². The van der Waals surface area contributed by atoms with E-state index in [9.17, 15) is 0 Å². The first-order valence-electron chi connectivity index (χ1n) is 8.73. The third-order valence-corrected chi connectivity index (χ3v) is 6.85. The molecule has 0 aromatic heterocycles. The summed E-state index contributed by atoms with van der Waals surface area (Å²) in [5.41, 5.74) is 6.91. The van der Waals surface area contributed by atoms with Gasteiger partial charge in [0.05, 0.1) is 0 Å². The van der Waals surface area contributed by atoms with Gasteiger partial charge in [-0.3, -0.25) is 4.90 Å². The van der Waals surface area contributed by atoms with Gasteiger partial charge in [0.2, 0.25) is 0 Å². The zero-order valence-electron chi connectivity index (χ0n) is 12.3. The van der Waals surface area contributed by atoms with E-state index < -0.39 is 0 Å². The van der Waals surface area contributed by atoms with Crippen molar-refractivity contribution < 1.29 is 0 Å². The Hall–Kier alpha value is -0.0800. The molecule has 5 aliphatic rings. The number of nitrogens with two attached hydrogens (primary N) is 1. The van der Waals surface area contributed by atoms with Crippen LogP contribution in [0.5, 0.6) is 0 Å². The highest BCUT2D eigenvalue weighted by Gasteiger charge is 2.54. The fourth-order valence-corrected chi connectivity index (χ4v) is 6.60. The van der Waals surface area contributed by atoms with Crippen molar-refractivity contribution in [3.8, 4) is 0 Å². The molecule has 108 valence electrons. The zero-order chi connectivity index (χ0) is 12.9. The summed E-state index contributed by atoms with van der Waals surface area (Å²) >= 11 is 0. The molecule has 1 unspecified atom stereocenters. The molecule has 1 heterocycles. The van der Waals surface area contributed by atoms with Crippen LogP contribution in [0.25, 0.3) is 0 Å². The van der Waals surface area contributed by atoms with Gasteiger partial charge in [0.25, 0.3) is 0 Å². The highest BCUT2D eigenvalue weighted by Crippen LogP contribution is 2.61. The summed E-state index contributed by atoms with van der Waals surface area (Å²) in [6.45, 7) is 3.55. The number of likely N-dealkylation sites (tertiary alicyclic amines) is 1. The highest BCUT2D eigenvalue weighted by atomic mass is 15.2. The second-order valence-corrected chi connectivity index (χ2v) is 8.13. The standard InChI is InChI=1S/C17H30N2/c18-12-16(19-4-2-1-3-5-19)17-9-13-6-14(10-17)8-15(7-13)11-17/h13-16H,1-12,18H2. The summed E-state index contributed by atoms with van der Waals surface area (Å²) in [7, 11) is 0. The van der Waals surface area contributed by atoms with Gasteiger partial charge in [0, 0.05) is 12.6 Å². The van der Waals surface area contributed by atoms with E-state index in [1.165, 1.54) is 51.6 Å². The van der Waals surface area contributed by atoms with E-state index in [0.717, 1.165) is 24.3 Å². The SMILES string of the molecule is NCC(N1CCCCC1)C12CC3CC(CC(C3)C1)C2. The van der Waals surface area contributed by atoms with Gasteiger partial charge in [-0.15, -0.1) is 0 Å². The molecule has 4 saturated carbocycles. The Morgan fingerprint density at radius 2 is 1.42 bits per heavy atom. The first-order valence-corrected chi connectivity index (χ1v) is 8.73. The number of rotatable bonds is 3. The number of hydrogen-bond donors (Lipinski definition) is 1. The van der Waals surface area contributed by atoms with Crippen LogP contribution < -0.4 is 5.73 Å². The third-order valence-electron chi connectivity index (χ3n) is 6.85. The number of nitrogens with zero attached hydrogens (tertiary/aromatic N) is 1. The van der Waals surface area contributed by atoms with Crippen molar-refractivity contribution in [2.45, 2.75) is 63.8 Å². The van der Waals surface area contributed by atoms with Crippen molar-refractivity contribution in [2.24, 2.45) is 28.9 Å². The Morgan fingerprint density at radius 1 is 0.895 bits per heavy atom. The molecule has 0 amide bonds. The van der Waals surface area contributed by atoms with E-state index >= 15 is 0 Å². The van der Waals surface area contributed by atoms with Gasteiger partial charge in [-0.2, -0.15) is 0 Å². The molecule has 5 fully saturated rings. The third kappa shape index (κ3) is 2.06. The molecule has 2 nitrogen and oxygen atoms in total. The largest absolute Gasteiger partial charge is 0.329 e. The monoisotopic (exact) mass is 262 g/mol. The molecule has 0 aromatic rings. The molecule has 19 heavy (non-hydrogen) atoms. The van der Waals surface area contributed by atoms with Crippen molar-refractivity contribution >= 4 is 0 Å². The lowest BCUT2D eigenvalue weighted by Gasteiger charge is -2.61. The topological polar surface area (TPSA) is 29.3 Å². The Kier molecular flexibility index (Phi) is 3.15. The zero-order valence-corrected chi connectivity index (χ0v) is 12.3. The summed E-state index contributed by atoms with van der Waals surface area (Å²) in [5, 5.41) is 0. The quantitative estimate of drug-likeness (QED) is 0.847. The second-order valence-electron chi connectivity index (χ2n) is 8.13. The lowest BCUT2D eigenvalue weighted by atomic mass is 9.47. The molecule has 0 aromatic carbocycles. The van der Waals surface area contributed by atoms with E-state index in [4.69, 9.17) is 5.73 Å². The molecule has 1 saturated heterocycles. The van der Waals surface area contributed by atoms with Crippen LogP contribution in [0.2, 0.25) is 0 Å². The maximum absolute atomic E-state index is 6.28. The van der Waals surface area contributed by atoms with Crippen molar-refractivity contribution in [1.29, 1.82) is 0 Å². The van der Waals surface area contributed by atoms with E-state index in [2.05, 4.69) is 4.90 Å². The highest BCUT2D eigenvalue weighted by molar-refractivity contribution is 5.07. The Balaban J connectivity index is 1.58. The van der Waals surface area contributed by atoms with Gasteiger partial charge in [0.1, 0.15) is 0 Å². The Labute approximate surface area is 118 Å². The van der Waals surface area contributed by atoms with Crippen LogP contribution in [0.15, 0.2) is 0 Å². The average molecular weight is 262 g/mol. The van der Waals surface area contributed by atoms with Gasteiger partial charge >= 0.3 is 0 Å². The molecular formula is C17H30N2. The van der Waals surface area contributed by atoms with Gasteiger partial charge in [-0.25, -0.2) is 0 Å². The molecule has 2 N–H and O–H groups in total. The second kappa shape index (κ2) is 4.73. The molecule has 4 aliphatic carbocycles. The predicted molar refractivity (Wildman–Crippen MR) is 78.9 cm³/mol. The van der Waals surface area contributed by atoms with Crippen molar-refractivity contribution in [2.75, 3.05) is 19.6 Å². The van der Waals surface area contributed by atoms with Gasteiger partial charge in [-0.1, -0.05) is 6.42 Å². The molecule has 1 aliphatic heterocycles. The first kappa shape index (κ1) is 12.6. The molecule has 5 rings (SSSR count). The summed E-state index contributed by atoms with van der Waals surface area (Å²) in [5.74, 6) is 3.18. The summed E-state index contributed by atoms with van der Waals surface area (Å²) < 4.78 is 0. The van der Waals surface area contributed by atoms with Gasteiger partial charge in [-0.05, 0) is 87.6 Å². The van der Waals surface area contributed by atoms with Crippen LogP contribution in [-0.2, 0) is 0 Å². The van der Waals surface area contributed by atoms with Crippen LogP contribution in [-0.4, -0.2) is 30.6 Å². The summed E-state index contributed by atoms with van der Waals surface area (Å²) in [6.07, 6.45) is 13.4. The molecule has 4 bridgehead atoms. The van der Waals surface area contributed by atoms with Gasteiger partial charge in [0.15, 0.2) is 0 Å². The molecule has 0 radical (unpaired) electrons. The van der Waals surface area contributed by atoms with Crippen LogP contribution in [0, 0.1) is 23.2 Å². The Morgan fingerprint density at radius 3 is 1.89 bits per heavy atom. The van der Waals surface area contributed by atoms with Crippen LogP contribution in [0.4, 0.5) is 0 Å². The molecule has 1 atom stereocenters. The molecule has 2 heteroatoms. The maximum Gasteiger partial charge on any atom is 0.0275 e. The lowest BCUT2D eigenvalue weighted by Crippen LogP contribution is -2.60. The smallest absolute Gasteiger partial charge is 0.0275 e. The summed E-state index contributed by atoms with van der Waals surface area (Å²) in [4.78, 5) is 2.79. The fourth-order valence-electron chi connectivity index (χ4n) is 6.60. The first-order chi connectivity index (χ1) is 9.29. The van der Waals surface area contributed by atoms with E-state index in [1.807, 2.05) is 0 Å². The van der Waals surface area contributed by atoms with Crippen LogP contribution in [0.1, 0.15) is 57.8 Å². The molecule has 0 spiro atoms. The van der Waals surface area contributed by atoms with E-state index in [0.29, 0.717) is 11.5 Å². The van der Waals surface area contributed by atoms with Crippen molar-refractivity contribution in [3.63, 3.8) is 0 Å². The van der Waals surface area contributed by atoms with Crippen LogP contribution >= 0.6 is 0 Å². The van der Waals surface area contributed by atoms with Gasteiger partial charge < -0.3 is 5.73 Å². The van der Waals surface area contributed by atoms with Crippen molar-refractivity contribution in [1.82, 2.24) is 4.90 Å². The van der Waals surface area contributed by atoms with E-state index in [1.54, 1.807) is 19.3 Å². The lowest BCUT2D eigenvalue weighted by molar-refractivity contribution is -0.101. The maximum atomic E-state index is 6.28. The minimum atomic E-state index is 0.626. The van der Waals surface area contributed by atoms with Crippen LogP contribution in [0.3, 0.4) is 0 Å². The molecular weight excluding hydrogens is 232 g/mol. The fraction of sp³-hybridized carbons (Fsp3) is 1.00. The Bertz CT molecular complexity index is 297. The van der Waals surface area contributed by atoms with E-state index in [-0.39, 0.29) is 0 Å². The minimum absolute atomic E-state index is 0.626. The minimum Gasteiger partial charge on any atom is -0.329 e.